The minimum absolute atomic E-state index is 0.345. The van der Waals surface area contributed by atoms with E-state index in [0.29, 0.717) is 5.92 Å². The van der Waals surface area contributed by atoms with Gasteiger partial charge in [0.15, 0.2) is 0 Å². The molecule has 0 atom stereocenters. The van der Waals surface area contributed by atoms with Crippen LogP contribution in [0.2, 0.25) is 0 Å². The van der Waals surface area contributed by atoms with Crippen LogP contribution in [0.1, 0.15) is 24.4 Å². The van der Waals surface area contributed by atoms with Crippen molar-refractivity contribution >= 4 is 28.7 Å². The summed E-state index contributed by atoms with van der Waals surface area (Å²) in [7, 11) is 1.81. The summed E-state index contributed by atoms with van der Waals surface area (Å²) in [4.78, 5) is 18.9. The third kappa shape index (κ3) is 4.09. The SMILES string of the molecule is C/N=C(/c1ncc(-c2cccc(Nc3cc(C)ccn3)n2)s1)C(C)C. The van der Waals surface area contributed by atoms with Crippen molar-refractivity contribution in [1.82, 2.24) is 15.0 Å². The van der Waals surface area contributed by atoms with Crippen LogP contribution in [0.4, 0.5) is 11.6 Å². The third-order valence-electron chi connectivity index (χ3n) is 3.69. The number of pyridine rings is 2. The van der Waals surface area contributed by atoms with E-state index in [1.165, 1.54) is 0 Å². The summed E-state index contributed by atoms with van der Waals surface area (Å²) in [5.41, 5.74) is 3.07. The maximum absolute atomic E-state index is 4.69. The van der Waals surface area contributed by atoms with Gasteiger partial charge in [0.25, 0.3) is 0 Å². The third-order valence-corrected chi connectivity index (χ3v) is 4.73. The van der Waals surface area contributed by atoms with Crippen LogP contribution in [-0.2, 0) is 0 Å². The van der Waals surface area contributed by atoms with Crippen LogP contribution in [0.25, 0.3) is 10.6 Å². The molecule has 0 bridgehead atoms. The molecule has 3 rings (SSSR count). The van der Waals surface area contributed by atoms with E-state index in [9.17, 15) is 0 Å². The van der Waals surface area contributed by atoms with Crippen LogP contribution in [0.15, 0.2) is 47.7 Å². The molecule has 1 N–H and O–H groups in total. The van der Waals surface area contributed by atoms with E-state index in [-0.39, 0.29) is 0 Å². The number of aromatic nitrogens is 3. The summed E-state index contributed by atoms with van der Waals surface area (Å²) >= 11 is 1.62. The number of aryl methyl sites for hydroxylation is 1. The van der Waals surface area contributed by atoms with Gasteiger partial charge in [-0.3, -0.25) is 4.99 Å². The second-order valence-electron chi connectivity index (χ2n) is 6.04. The topological polar surface area (TPSA) is 63.1 Å². The molecule has 25 heavy (non-hydrogen) atoms. The smallest absolute Gasteiger partial charge is 0.138 e. The first-order valence-corrected chi connectivity index (χ1v) is 8.98. The minimum Gasteiger partial charge on any atom is -0.325 e. The molecular weight excluding hydrogens is 330 g/mol. The van der Waals surface area contributed by atoms with E-state index in [0.717, 1.165) is 38.5 Å². The number of aliphatic imine (C=N–C) groups is 1. The lowest BCUT2D eigenvalue weighted by molar-refractivity contribution is 0.880. The van der Waals surface area contributed by atoms with Crippen molar-refractivity contribution in [3.63, 3.8) is 0 Å². The van der Waals surface area contributed by atoms with E-state index in [1.54, 1.807) is 17.5 Å². The van der Waals surface area contributed by atoms with Crippen LogP contribution in [0.5, 0.6) is 0 Å². The number of nitrogens with one attached hydrogen (secondary N) is 1. The van der Waals surface area contributed by atoms with Crippen molar-refractivity contribution < 1.29 is 0 Å². The van der Waals surface area contributed by atoms with Gasteiger partial charge in [0.05, 0.1) is 16.3 Å². The van der Waals surface area contributed by atoms with E-state index in [4.69, 9.17) is 4.98 Å². The van der Waals surface area contributed by atoms with E-state index in [1.807, 2.05) is 50.5 Å². The molecule has 3 aromatic rings. The van der Waals surface area contributed by atoms with E-state index in [2.05, 4.69) is 34.1 Å². The maximum atomic E-state index is 4.69. The molecule has 0 radical (unpaired) electrons. The summed E-state index contributed by atoms with van der Waals surface area (Å²) < 4.78 is 0. The second-order valence-corrected chi connectivity index (χ2v) is 7.08. The fourth-order valence-electron chi connectivity index (χ4n) is 2.49. The first kappa shape index (κ1) is 17.2. The highest BCUT2D eigenvalue weighted by atomic mass is 32.1. The first-order valence-electron chi connectivity index (χ1n) is 8.17. The lowest BCUT2D eigenvalue weighted by Gasteiger charge is -2.06. The van der Waals surface area contributed by atoms with Crippen LogP contribution in [0.3, 0.4) is 0 Å². The summed E-state index contributed by atoms with van der Waals surface area (Å²) in [6.07, 6.45) is 3.65. The van der Waals surface area contributed by atoms with Gasteiger partial charge in [-0.25, -0.2) is 15.0 Å². The van der Waals surface area contributed by atoms with Crippen LogP contribution < -0.4 is 5.32 Å². The van der Waals surface area contributed by atoms with Gasteiger partial charge in [-0.1, -0.05) is 19.9 Å². The fraction of sp³-hybridized carbons (Fsp3) is 0.263. The molecule has 0 saturated heterocycles. The molecule has 0 amide bonds. The molecule has 0 aliphatic rings. The Bertz CT molecular complexity index is 898. The highest BCUT2D eigenvalue weighted by Crippen LogP contribution is 2.27. The predicted octanol–water partition coefficient (Wildman–Crippen LogP) is 4.73. The molecule has 0 saturated carbocycles. The predicted molar refractivity (Wildman–Crippen MR) is 105 cm³/mol. The van der Waals surface area contributed by atoms with Crippen molar-refractivity contribution in [2.75, 3.05) is 12.4 Å². The fourth-order valence-corrected chi connectivity index (χ4v) is 3.56. The quantitative estimate of drug-likeness (QED) is 0.675. The Labute approximate surface area is 151 Å². The Balaban J connectivity index is 1.86. The number of hydrogen-bond acceptors (Lipinski definition) is 6. The second kappa shape index (κ2) is 7.53. The van der Waals surface area contributed by atoms with Gasteiger partial charge in [0, 0.05) is 19.4 Å². The van der Waals surface area contributed by atoms with Crippen molar-refractivity contribution in [2.24, 2.45) is 10.9 Å². The summed E-state index contributed by atoms with van der Waals surface area (Å²) in [6.45, 7) is 6.29. The van der Waals surface area contributed by atoms with Crippen LogP contribution >= 0.6 is 11.3 Å². The van der Waals surface area contributed by atoms with Crippen molar-refractivity contribution in [3.05, 3.63) is 53.3 Å². The zero-order chi connectivity index (χ0) is 17.8. The number of anilines is 2. The van der Waals surface area contributed by atoms with Gasteiger partial charge < -0.3 is 5.32 Å². The van der Waals surface area contributed by atoms with E-state index >= 15 is 0 Å². The molecule has 6 heteroatoms. The lowest BCUT2D eigenvalue weighted by Crippen LogP contribution is -2.08. The highest BCUT2D eigenvalue weighted by Gasteiger charge is 2.14. The molecule has 0 aliphatic heterocycles. The lowest BCUT2D eigenvalue weighted by atomic mass is 10.1. The Kier molecular flexibility index (Phi) is 5.19. The van der Waals surface area contributed by atoms with Gasteiger partial charge >= 0.3 is 0 Å². The standard InChI is InChI=1S/C19H21N5S/c1-12(2)18(20-4)19-22-11-15(25-19)14-6-5-7-16(23-14)24-17-10-13(3)8-9-21-17/h5-12H,1-4H3,(H,21,23,24)/b20-18+. The largest absolute Gasteiger partial charge is 0.325 e. The molecule has 3 aromatic heterocycles. The number of hydrogen-bond donors (Lipinski definition) is 1. The molecule has 128 valence electrons. The Morgan fingerprint density at radius 2 is 2.00 bits per heavy atom. The summed E-state index contributed by atoms with van der Waals surface area (Å²) in [5.74, 6) is 1.89. The monoisotopic (exact) mass is 351 g/mol. The highest BCUT2D eigenvalue weighted by molar-refractivity contribution is 7.17. The van der Waals surface area contributed by atoms with Gasteiger partial charge in [-0.05, 0) is 42.7 Å². The minimum atomic E-state index is 0.345. The van der Waals surface area contributed by atoms with Gasteiger partial charge in [-0.2, -0.15) is 0 Å². The molecule has 3 heterocycles. The zero-order valence-corrected chi connectivity index (χ0v) is 15.6. The van der Waals surface area contributed by atoms with Gasteiger partial charge in [-0.15, -0.1) is 11.3 Å². The molecule has 0 spiro atoms. The first-order chi connectivity index (χ1) is 12.1. The Morgan fingerprint density at radius 3 is 2.72 bits per heavy atom. The molecule has 5 nitrogen and oxygen atoms in total. The molecular formula is C19H21N5S. The number of nitrogens with zero attached hydrogens (tertiary/aromatic N) is 4. The maximum Gasteiger partial charge on any atom is 0.138 e. The zero-order valence-electron chi connectivity index (χ0n) is 14.8. The van der Waals surface area contributed by atoms with Crippen molar-refractivity contribution in [1.29, 1.82) is 0 Å². The van der Waals surface area contributed by atoms with Crippen molar-refractivity contribution in [3.8, 4) is 10.6 Å². The van der Waals surface area contributed by atoms with E-state index < -0.39 is 0 Å². The summed E-state index contributed by atoms with van der Waals surface area (Å²) in [5, 5.41) is 4.20. The average Bonchev–Trinajstić information content (AvgIpc) is 3.05. The van der Waals surface area contributed by atoms with Gasteiger partial charge in [0.1, 0.15) is 16.6 Å². The van der Waals surface area contributed by atoms with Crippen LogP contribution in [0, 0.1) is 12.8 Å². The molecule has 0 unspecified atom stereocenters. The summed E-state index contributed by atoms with van der Waals surface area (Å²) in [6, 6.07) is 9.87. The number of thiazole rings is 1. The Hall–Kier alpha value is -2.60. The molecule has 0 aliphatic carbocycles. The average molecular weight is 351 g/mol. The molecule has 0 fully saturated rings. The van der Waals surface area contributed by atoms with Gasteiger partial charge in [0.2, 0.25) is 0 Å². The number of rotatable bonds is 5. The van der Waals surface area contributed by atoms with Crippen LogP contribution in [-0.4, -0.2) is 27.7 Å². The van der Waals surface area contributed by atoms with Crippen molar-refractivity contribution in [2.45, 2.75) is 20.8 Å². The molecule has 0 aromatic carbocycles. The Morgan fingerprint density at radius 1 is 1.16 bits per heavy atom. The normalized spacial score (nSPS) is 11.8.